The van der Waals surface area contributed by atoms with Gasteiger partial charge in [0.15, 0.2) is 0 Å². The van der Waals surface area contributed by atoms with E-state index >= 15 is 0 Å². The first-order valence-electron chi connectivity index (χ1n) is 7.10. The fraction of sp³-hybridized carbons (Fsp3) is 0.846. The Balaban J connectivity index is 2.63. The van der Waals surface area contributed by atoms with Crippen LogP contribution in [-0.2, 0) is 4.79 Å². The van der Waals surface area contributed by atoms with Crippen molar-refractivity contribution in [2.24, 2.45) is 0 Å². The van der Waals surface area contributed by atoms with Gasteiger partial charge in [0, 0.05) is 12.6 Å². The quantitative estimate of drug-likeness (QED) is 0.674. The van der Waals surface area contributed by atoms with Gasteiger partial charge in [-0.1, -0.05) is 13.8 Å². The summed E-state index contributed by atoms with van der Waals surface area (Å²) < 4.78 is 0. The summed E-state index contributed by atoms with van der Waals surface area (Å²) in [5, 5.41) is 14.9. The zero-order chi connectivity index (χ0) is 14.3. The van der Waals surface area contributed by atoms with Crippen LogP contribution in [-0.4, -0.2) is 53.7 Å². The minimum atomic E-state index is -0.974. The van der Waals surface area contributed by atoms with Crippen LogP contribution in [0.15, 0.2) is 0 Å². The first kappa shape index (κ1) is 15.8. The molecule has 3 N–H and O–H groups in total. The van der Waals surface area contributed by atoms with Crippen LogP contribution in [0.25, 0.3) is 0 Å². The molecule has 0 radical (unpaired) electrons. The molecule has 1 aliphatic rings. The Morgan fingerprint density at radius 1 is 1.37 bits per heavy atom. The van der Waals surface area contributed by atoms with E-state index in [1.807, 2.05) is 6.92 Å². The molecule has 1 heterocycles. The number of nitrogens with zero attached hydrogens (tertiary/aromatic N) is 1. The standard InChI is InChI=1S/C13H25N3O3/c1-3-9-16(10-5-7-14-8-6-10)13(19)15-11(4-2)12(17)18/h10-11,14H,3-9H2,1-2H3,(H,15,19)(H,17,18)/t11-/m0/s1. The third kappa shape index (κ3) is 4.70. The third-order valence-corrected chi connectivity index (χ3v) is 3.48. The highest BCUT2D eigenvalue weighted by molar-refractivity contribution is 5.82. The Kier molecular flexibility index (Phi) is 6.62. The largest absolute Gasteiger partial charge is 0.480 e. The van der Waals surface area contributed by atoms with Crippen molar-refractivity contribution in [3.63, 3.8) is 0 Å². The van der Waals surface area contributed by atoms with Crippen molar-refractivity contribution in [1.29, 1.82) is 0 Å². The van der Waals surface area contributed by atoms with Gasteiger partial charge in [0.05, 0.1) is 0 Å². The van der Waals surface area contributed by atoms with E-state index in [1.54, 1.807) is 11.8 Å². The van der Waals surface area contributed by atoms with Gasteiger partial charge in [-0.3, -0.25) is 0 Å². The number of hydrogen-bond acceptors (Lipinski definition) is 3. The summed E-state index contributed by atoms with van der Waals surface area (Å²) in [4.78, 5) is 25.0. The third-order valence-electron chi connectivity index (χ3n) is 3.48. The van der Waals surface area contributed by atoms with E-state index < -0.39 is 12.0 Å². The second-order valence-electron chi connectivity index (χ2n) is 4.92. The van der Waals surface area contributed by atoms with Gasteiger partial charge in [0.1, 0.15) is 6.04 Å². The molecule has 110 valence electrons. The van der Waals surface area contributed by atoms with Crippen molar-refractivity contribution in [1.82, 2.24) is 15.5 Å². The number of urea groups is 1. The average molecular weight is 271 g/mol. The summed E-state index contributed by atoms with van der Waals surface area (Å²) in [7, 11) is 0. The monoisotopic (exact) mass is 271 g/mol. The summed E-state index contributed by atoms with van der Waals surface area (Å²) in [6.45, 7) is 6.28. The summed E-state index contributed by atoms with van der Waals surface area (Å²) in [5.74, 6) is -0.974. The highest BCUT2D eigenvalue weighted by Crippen LogP contribution is 2.13. The summed E-state index contributed by atoms with van der Waals surface area (Å²) in [6.07, 6.45) is 3.13. The van der Waals surface area contributed by atoms with E-state index in [0.717, 1.165) is 32.4 Å². The van der Waals surface area contributed by atoms with Gasteiger partial charge in [-0.2, -0.15) is 0 Å². The van der Waals surface area contributed by atoms with Gasteiger partial charge < -0.3 is 20.6 Å². The number of aliphatic carboxylic acids is 1. The van der Waals surface area contributed by atoms with E-state index in [4.69, 9.17) is 5.11 Å². The van der Waals surface area contributed by atoms with Crippen LogP contribution < -0.4 is 10.6 Å². The predicted molar refractivity (Wildman–Crippen MR) is 73.1 cm³/mol. The van der Waals surface area contributed by atoms with Gasteiger partial charge in [-0.25, -0.2) is 9.59 Å². The Hall–Kier alpha value is -1.30. The number of carbonyl (C=O) groups is 2. The van der Waals surface area contributed by atoms with Crippen molar-refractivity contribution in [3.8, 4) is 0 Å². The van der Waals surface area contributed by atoms with Crippen molar-refractivity contribution >= 4 is 12.0 Å². The molecular formula is C13H25N3O3. The van der Waals surface area contributed by atoms with E-state index in [1.165, 1.54) is 0 Å². The molecule has 0 aliphatic carbocycles. The second kappa shape index (κ2) is 7.99. The molecule has 1 rings (SSSR count). The lowest BCUT2D eigenvalue weighted by atomic mass is 10.0. The van der Waals surface area contributed by atoms with Gasteiger partial charge >= 0.3 is 12.0 Å². The van der Waals surface area contributed by atoms with Crippen LogP contribution in [0, 0.1) is 0 Å². The highest BCUT2D eigenvalue weighted by atomic mass is 16.4. The van der Waals surface area contributed by atoms with Crippen LogP contribution in [0.5, 0.6) is 0 Å². The molecule has 0 spiro atoms. The fourth-order valence-corrected chi connectivity index (χ4v) is 2.38. The molecule has 1 fully saturated rings. The van der Waals surface area contributed by atoms with Gasteiger partial charge in [0.2, 0.25) is 0 Å². The first-order valence-corrected chi connectivity index (χ1v) is 7.10. The van der Waals surface area contributed by atoms with Crippen LogP contribution in [0.3, 0.4) is 0 Å². The molecule has 1 aliphatic heterocycles. The molecule has 0 aromatic rings. The molecule has 1 atom stereocenters. The molecule has 2 amide bonds. The molecule has 0 unspecified atom stereocenters. The number of carboxylic acid groups (broad SMARTS) is 1. The first-order chi connectivity index (χ1) is 9.10. The summed E-state index contributed by atoms with van der Waals surface area (Å²) in [6, 6.07) is -0.830. The van der Waals surface area contributed by atoms with Crippen molar-refractivity contribution in [2.45, 2.75) is 51.6 Å². The normalized spacial score (nSPS) is 17.8. The Labute approximate surface area is 114 Å². The highest BCUT2D eigenvalue weighted by Gasteiger charge is 2.27. The maximum Gasteiger partial charge on any atom is 0.326 e. The van der Waals surface area contributed by atoms with Crippen LogP contribution >= 0.6 is 0 Å². The molecular weight excluding hydrogens is 246 g/mol. The van der Waals surface area contributed by atoms with Gasteiger partial charge in [-0.05, 0) is 38.8 Å². The Bertz CT molecular complexity index is 304. The smallest absolute Gasteiger partial charge is 0.326 e. The summed E-state index contributed by atoms with van der Waals surface area (Å²) >= 11 is 0. The van der Waals surface area contributed by atoms with Crippen molar-refractivity contribution in [3.05, 3.63) is 0 Å². The van der Waals surface area contributed by atoms with Crippen molar-refractivity contribution < 1.29 is 14.7 Å². The number of carboxylic acids is 1. The van der Waals surface area contributed by atoms with Crippen molar-refractivity contribution in [2.75, 3.05) is 19.6 Å². The topological polar surface area (TPSA) is 81.7 Å². The lowest BCUT2D eigenvalue weighted by molar-refractivity contribution is -0.139. The van der Waals surface area contributed by atoms with E-state index in [0.29, 0.717) is 13.0 Å². The minimum Gasteiger partial charge on any atom is -0.480 e. The molecule has 6 heteroatoms. The lowest BCUT2D eigenvalue weighted by Gasteiger charge is -2.35. The zero-order valence-electron chi connectivity index (χ0n) is 11.8. The molecule has 1 saturated heterocycles. The SMILES string of the molecule is CCCN(C(=O)N[C@@H](CC)C(=O)O)C1CCNCC1. The van der Waals surface area contributed by atoms with E-state index in [-0.39, 0.29) is 12.1 Å². The van der Waals surface area contributed by atoms with Crippen LogP contribution in [0.4, 0.5) is 4.79 Å². The van der Waals surface area contributed by atoms with E-state index in [9.17, 15) is 9.59 Å². The fourth-order valence-electron chi connectivity index (χ4n) is 2.38. The molecule has 6 nitrogen and oxygen atoms in total. The number of amides is 2. The Morgan fingerprint density at radius 2 is 2.00 bits per heavy atom. The average Bonchev–Trinajstić information content (AvgIpc) is 2.42. The van der Waals surface area contributed by atoms with Gasteiger partial charge in [-0.15, -0.1) is 0 Å². The molecule has 19 heavy (non-hydrogen) atoms. The minimum absolute atomic E-state index is 0.215. The maximum atomic E-state index is 12.2. The molecule has 0 aromatic heterocycles. The van der Waals surface area contributed by atoms with E-state index in [2.05, 4.69) is 10.6 Å². The number of rotatable bonds is 6. The molecule has 0 saturated carbocycles. The van der Waals surface area contributed by atoms with Crippen LogP contribution in [0.1, 0.15) is 39.5 Å². The molecule has 0 aromatic carbocycles. The second-order valence-corrected chi connectivity index (χ2v) is 4.92. The van der Waals surface area contributed by atoms with Crippen LogP contribution in [0.2, 0.25) is 0 Å². The number of nitrogens with one attached hydrogen (secondary N) is 2. The maximum absolute atomic E-state index is 12.2. The Morgan fingerprint density at radius 3 is 2.47 bits per heavy atom. The lowest BCUT2D eigenvalue weighted by Crippen LogP contribution is -2.53. The predicted octanol–water partition coefficient (Wildman–Crippen LogP) is 1.02. The summed E-state index contributed by atoms with van der Waals surface area (Å²) in [5.41, 5.74) is 0. The number of piperidine rings is 1. The zero-order valence-corrected chi connectivity index (χ0v) is 11.8. The number of carbonyl (C=O) groups excluding carboxylic acids is 1. The van der Waals surface area contributed by atoms with Gasteiger partial charge in [0.25, 0.3) is 0 Å². The molecule has 0 bridgehead atoms. The number of hydrogen-bond donors (Lipinski definition) is 3.